The van der Waals surface area contributed by atoms with Crippen LogP contribution in [0.2, 0.25) is 0 Å². The molecule has 0 atom stereocenters. The third-order valence-electron chi connectivity index (χ3n) is 5.00. The summed E-state index contributed by atoms with van der Waals surface area (Å²) < 4.78 is 16.9. The van der Waals surface area contributed by atoms with Crippen molar-refractivity contribution in [1.29, 1.82) is 0 Å². The summed E-state index contributed by atoms with van der Waals surface area (Å²) in [5, 5.41) is 7.05. The van der Waals surface area contributed by atoms with Crippen LogP contribution >= 0.6 is 0 Å². The van der Waals surface area contributed by atoms with Crippen LogP contribution in [0.25, 0.3) is 17.5 Å². The highest BCUT2D eigenvalue weighted by molar-refractivity contribution is 6.09. The third-order valence-corrected chi connectivity index (χ3v) is 5.00. The number of carbonyl (C=O) groups is 1. The Morgan fingerprint density at radius 3 is 2.77 bits per heavy atom. The van der Waals surface area contributed by atoms with Gasteiger partial charge in [-0.2, -0.15) is 4.98 Å². The molecule has 0 spiro atoms. The maximum absolute atomic E-state index is 13.1. The van der Waals surface area contributed by atoms with Gasteiger partial charge in [-0.15, -0.1) is 0 Å². The molecule has 7 nitrogen and oxygen atoms in total. The van der Waals surface area contributed by atoms with Crippen molar-refractivity contribution in [1.82, 2.24) is 10.1 Å². The lowest BCUT2D eigenvalue weighted by molar-refractivity contribution is -0.113. The Hall–Kier alpha value is -3.61. The first-order valence-corrected chi connectivity index (χ1v) is 10.3. The number of aryl methyl sites for hydroxylation is 1. The number of amides is 1. The van der Waals surface area contributed by atoms with Crippen molar-refractivity contribution in [3.8, 4) is 23.0 Å². The van der Waals surface area contributed by atoms with Crippen LogP contribution in [0.15, 0.2) is 46.5 Å². The molecule has 4 rings (SSSR count). The Labute approximate surface area is 181 Å². The molecule has 1 aliphatic rings. The number of rotatable bonds is 6. The summed E-state index contributed by atoms with van der Waals surface area (Å²) in [5.74, 6) is 2.24. The van der Waals surface area contributed by atoms with E-state index in [1.165, 1.54) is 0 Å². The van der Waals surface area contributed by atoms with Crippen LogP contribution in [-0.2, 0) is 4.79 Å². The highest BCUT2D eigenvalue weighted by Gasteiger charge is 2.23. The molecule has 7 heteroatoms. The normalized spacial score (nSPS) is 12.7. The summed E-state index contributed by atoms with van der Waals surface area (Å²) >= 11 is 0. The maximum Gasteiger partial charge on any atom is 0.260 e. The van der Waals surface area contributed by atoms with Crippen LogP contribution in [0.1, 0.15) is 43.6 Å². The predicted octanol–water partition coefficient (Wildman–Crippen LogP) is 4.98. The molecule has 2 heterocycles. The zero-order valence-corrected chi connectivity index (χ0v) is 18.1. The second-order valence-corrected chi connectivity index (χ2v) is 7.63. The smallest absolute Gasteiger partial charge is 0.260 e. The van der Waals surface area contributed by atoms with E-state index in [1.807, 2.05) is 70.2 Å². The van der Waals surface area contributed by atoms with E-state index in [2.05, 4.69) is 15.5 Å². The van der Waals surface area contributed by atoms with E-state index in [4.69, 9.17) is 14.0 Å². The van der Waals surface area contributed by atoms with Crippen molar-refractivity contribution in [3.05, 3.63) is 58.9 Å². The van der Waals surface area contributed by atoms with E-state index in [-0.39, 0.29) is 18.4 Å². The number of para-hydroxylation sites is 2. The number of nitrogens with one attached hydrogen (secondary N) is 1. The Morgan fingerprint density at radius 2 is 2.03 bits per heavy atom. The molecule has 0 fully saturated rings. The number of aromatic nitrogens is 2. The molecule has 0 radical (unpaired) electrons. The van der Waals surface area contributed by atoms with Gasteiger partial charge in [-0.1, -0.05) is 43.3 Å². The maximum atomic E-state index is 13.1. The lowest BCUT2D eigenvalue weighted by Gasteiger charge is -2.20. The molecule has 2 aromatic carbocycles. The molecule has 1 N–H and O–H groups in total. The predicted molar refractivity (Wildman–Crippen MR) is 118 cm³/mol. The fourth-order valence-electron chi connectivity index (χ4n) is 3.36. The number of carbonyl (C=O) groups excluding carboxylic acids is 1. The van der Waals surface area contributed by atoms with Crippen molar-refractivity contribution in [2.24, 2.45) is 0 Å². The molecule has 1 amide bonds. The number of fused-ring (bicyclic) bond motifs is 1. The van der Waals surface area contributed by atoms with Crippen LogP contribution in [0.3, 0.4) is 0 Å². The number of anilines is 1. The number of benzene rings is 2. The van der Waals surface area contributed by atoms with Crippen molar-refractivity contribution in [3.63, 3.8) is 0 Å². The van der Waals surface area contributed by atoms with Gasteiger partial charge in [-0.3, -0.25) is 4.79 Å². The van der Waals surface area contributed by atoms with Crippen molar-refractivity contribution < 1.29 is 18.8 Å². The zero-order valence-electron chi connectivity index (χ0n) is 18.1. The van der Waals surface area contributed by atoms with Gasteiger partial charge in [0.2, 0.25) is 0 Å². The monoisotopic (exact) mass is 419 g/mol. The molecule has 0 saturated carbocycles. The number of hydrogen-bond acceptors (Lipinski definition) is 6. The average molecular weight is 419 g/mol. The SMILES string of the molecule is CCOc1cccc2c1OCC(C(=O)Nc1c(C)cccc1-c1nc(C(C)C)no1)=C2. The van der Waals surface area contributed by atoms with Crippen LogP contribution in [0, 0.1) is 6.92 Å². The van der Waals surface area contributed by atoms with Crippen LogP contribution in [0.5, 0.6) is 11.5 Å². The van der Waals surface area contributed by atoms with Gasteiger partial charge in [0, 0.05) is 11.5 Å². The van der Waals surface area contributed by atoms with Gasteiger partial charge in [-0.05, 0) is 37.6 Å². The van der Waals surface area contributed by atoms with Crippen LogP contribution < -0.4 is 14.8 Å². The first kappa shape index (κ1) is 20.7. The van der Waals surface area contributed by atoms with E-state index < -0.39 is 0 Å². The molecule has 0 unspecified atom stereocenters. The van der Waals surface area contributed by atoms with Crippen molar-refractivity contribution >= 4 is 17.7 Å². The Morgan fingerprint density at radius 1 is 1.23 bits per heavy atom. The third kappa shape index (κ3) is 4.17. The van der Waals surface area contributed by atoms with Gasteiger partial charge in [0.25, 0.3) is 11.8 Å². The second-order valence-electron chi connectivity index (χ2n) is 7.63. The zero-order chi connectivity index (χ0) is 22.0. The second kappa shape index (κ2) is 8.63. The van der Waals surface area contributed by atoms with E-state index >= 15 is 0 Å². The summed E-state index contributed by atoms with van der Waals surface area (Å²) in [6.07, 6.45) is 1.83. The van der Waals surface area contributed by atoms with Gasteiger partial charge in [0.15, 0.2) is 17.3 Å². The minimum atomic E-state index is -0.244. The summed E-state index contributed by atoms with van der Waals surface area (Å²) in [6, 6.07) is 11.3. The highest BCUT2D eigenvalue weighted by Crippen LogP contribution is 2.36. The average Bonchev–Trinajstić information content (AvgIpc) is 3.25. The van der Waals surface area contributed by atoms with E-state index in [1.54, 1.807) is 0 Å². The van der Waals surface area contributed by atoms with Crippen molar-refractivity contribution in [2.45, 2.75) is 33.6 Å². The van der Waals surface area contributed by atoms with Gasteiger partial charge < -0.3 is 19.3 Å². The molecule has 31 heavy (non-hydrogen) atoms. The fraction of sp³-hybridized carbons (Fsp3) is 0.292. The number of hydrogen-bond donors (Lipinski definition) is 1. The quantitative estimate of drug-likeness (QED) is 0.606. The minimum absolute atomic E-state index is 0.145. The largest absolute Gasteiger partial charge is 0.490 e. The standard InChI is InChI=1S/C24H25N3O4/c1-5-29-19-11-7-9-16-12-17(13-30-21(16)19)23(28)25-20-15(4)8-6-10-18(20)24-26-22(14(2)3)27-31-24/h6-12,14H,5,13H2,1-4H3,(H,25,28). The fourth-order valence-corrected chi connectivity index (χ4v) is 3.36. The summed E-state index contributed by atoms with van der Waals surface area (Å²) in [7, 11) is 0. The summed E-state index contributed by atoms with van der Waals surface area (Å²) in [5.41, 5.74) is 3.55. The first-order valence-electron chi connectivity index (χ1n) is 10.3. The highest BCUT2D eigenvalue weighted by atomic mass is 16.5. The molecule has 1 aromatic heterocycles. The van der Waals surface area contributed by atoms with Gasteiger partial charge in [0.1, 0.15) is 6.61 Å². The molecule has 0 aliphatic carbocycles. The molecule has 3 aromatic rings. The molecule has 1 aliphatic heterocycles. The molecular weight excluding hydrogens is 394 g/mol. The van der Waals surface area contributed by atoms with Gasteiger partial charge in [-0.25, -0.2) is 0 Å². The molecular formula is C24H25N3O4. The Kier molecular flexibility index (Phi) is 5.75. The van der Waals surface area contributed by atoms with Crippen LogP contribution in [-0.4, -0.2) is 29.3 Å². The van der Waals surface area contributed by atoms with Gasteiger partial charge in [0.05, 0.1) is 23.4 Å². The number of nitrogens with zero attached hydrogens (tertiary/aromatic N) is 2. The lowest BCUT2D eigenvalue weighted by atomic mass is 10.0. The minimum Gasteiger partial charge on any atom is -0.490 e. The van der Waals surface area contributed by atoms with Crippen LogP contribution in [0.4, 0.5) is 5.69 Å². The topological polar surface area (TPSA) is 86.5 Å². The molecule has 0 bridgehead atoms. The van der Waals surface area contributed by atoms with E-state index in [9.17, 15) is 4.79 Å². The number of ether oxygens (including phenoxy) is 2. The summed E-state index contributed by atoms with van der Waals surface area (Å²) in [6.45, 7) is 8.54. The molecule has 0 saturated heterocycles. The summed E-state index contributed by atoms with van der Waals surface area (Å²) in [4.78, 5) is 17.6. The first-order chi connectivity index (χ1) is 15.0. The van der Waals surface area contributed by atoms with E-state index in [0.717, 1.165) is 11.1 Å². The van der Waals surface area contributed by atoms with Gasteiger partial charge >= 0.3 is 0 Å². The Balaban J connectivity index is 1.63. The van der Waals surface area contributed by atoms with Crippen molar-refractivity contribution in [2.75, 3.05) is 18.5 Å². The van der Waals surface area contributed by atoms with E-state index in [0.29, 0.717) is 46.6 Å². The molecule has 160 valence electrons. The Bertz CT molecular complexity index is 1150. The lowest BCUT2D eigenvalue weighted by Crippen LogP contribution is -2.22.